The van der Waals surface area contributed by atoms with Gasteiger partial charge in [0.15, 0.2) is 5.82 Å². The minimum absolute atomic E-state index is 0.0813. The van der Waals surface area contributed by atoms with Gasteiger partial charge in [-0.3, -0.25) is 0 Å². The van der Waals surface area contributed by atoms with E-state index in [9.17, 15) is 8.78 Å². The van der Waals surface area contributed by atoms with E-state index in [4.69, 9.17) is 16.3 Å². The molecule has 128 valence electrons. The molecule has 0 saturated heterocycles. The molecule has 0 atom stereocenters. The van der Waals surface area contributed by atoms with E-state index in [0.717, 1.165) is 5.56 Å². The Morgan fingerprint density at radius 3 is 2.76 bits per heavy atom. The lowest BCUT2D eigenvalue weighted by molar-refractivity contribution is 0.306. The molecule has 0 amide bonds. The number of aromatic amines is 1. The van der Waals surface area contributed by atoms with Gasteiger partial charge in [0.05, 0.1) is 22.8 Å². The smallest absolute Gasteiger partial charge is 0.209 e. The molecule has 0 fully saturated rings. The quantitative estimate of drug-likeness (QED) is 0.774. The van der Waals surface area contributed by atoms with Crippen molar-refractivity contribution in [2.45, 2.75) is 6.54 Å². The van der Waals surface area contributed by atoms with Crippen LogP contribution in [0.5, 0.6) is 5.75 Å². The van der Waals surface area contributed by atoms with E-state index in [2.05, 4.69) is 20.6 Å². The van der Waals surface area contributed by atoms with Crippen molar-refractivity contribution in [1.82, 2.24) is 20.6 Å². The van der Waals surface area contributed by atoms with Crippen molar-refractivity contribution in [2.24, 2.45) is 0 Å². The first-order valence-corrected chi connectivity index (χ1v) is 7.89. The molecule has 0 radical (unpaired) electrons. The van der Waals surface area contributed by atoms with Gasteiger partial charge in [-0.2, -0.15) is 5.21 Å². The minimum atomic E-state index is -0.642. The van der Waals surface area contributed by atoms with Crippen molar-refractivity contribution in [3.63, 3.8) is 0 Å². The SMILES string of the molecule is Fc1ccc(CN2CCOc3cc(Cl)c(F)c(-c4nn[nH]n4)c32)cc1. The van der Waals surface area contributed by atoms with Gasteiger partial charge in [0.1, 0.15) is 18.2 Å². The molecular weight excluding hydrogens is 352 g/mol. The summed E-state index contributed by atoms with van der Waals surface area (Å²) in [5, 5.41) is 13.5. The van der Waals surface area contributed by atoms with Crippen molar-refractivity contribution in [1.29, 1.82) is 0 Å². The zero-order chi connectivity index (χ0) is 17.4. The lowest BCUT2D eigenvalue weighted by Crippen LogP contribution is -2.33. The third kappa shape index (κ3) is 2.89. The summed E-state index contributed by atoms with van der Waals surface area (Å²) in [6.45, 7) is 1.39. The molecular formula is C16H12ClF2N5O. The summed E-state index contributed by atoms with van der Waals surface area (Å²) in [5.41, 5.74) is 1.50. The second-order valence-corrected chi connectivity index (χ2v) is 5.93. The zero-order valence-corrected chi connectivity index (χ0v) is 13.6. The van der Waals surface area contributed by atoms with Gasteiger partial charge >= 0.3 is 0 Å². The van der Waals surface area contributed by atoms with Gasteiger partial charge in [0.25, 0.3) is 0 Å². The van der Waals surface area contributed by atoms with Crippen LogP contribution in [0.2, 0.25) is 5.02 Å². The van der Waals surface area contributed by atoms with Gasteiger partial charge in [-0.25, -0.2) is 8.78 Å². The Bertz CT molecular complexity index is 902. The standard InChI is InChI=1S/C16H12ClF2N5O/c17-11-7-12-15(13(14(11)19)16-20-22-23-21-16)24(5-6-25-12)8-9-1-3-10(18)4-2-9/h1-4,7H,5-6,8H2,(H,20,21,22,23). The zero-order valence-electron chi connectivity index (χ0n) is 12.8. The number of rotatable bonds is 3. The predicted octanol–water partition coefficient (Wildman–Crippen LogP) is 3.20. The van der Waals surface area contributed by atoms with Crippen molar-refractivity contribution >= 4 is 17.3 Å². The van der Waals surface area contributed by atoms with Gasteiger partial charge in [0, 0.05) is 12.6 Å². The number of hydrogen-bond donors (Lipinski definition) is 1. The van der Waals surface area contributed by atoms with E-state index >= 15 is 0 Å². The lowest BCUT2D eigenvalue weighted by atomic mass is 10.1. The molecule has 0 unspecified atom stereocenters. The molecule has 25 heavy (non-hydrogen) atoms. The van der Waals surface area contributed by atoms with Gasteiger partial charge in [-0.15, -0.1) is 10.2 Å². The van der Waals surface area contributed by atoms with Gasteiger partial charge in [-0.05, 0) is 22.9 Å². The van der Waals surface area contributed by atoms with Crippen LogP contribution in [0.3, 0.4) is 0 Å². The normalized spacial score (nSPS) is 13.5. The van der Waals surface area contributed by atoms with E-state index in [1.165, 1.54) is 18.2 Å². The maximum absolute atomic E-state index is 14.7. The van der Waals surface area contributed by atoms with Gasteiger partial charge in [-0.1, -0.05) is 23.7 Å². The minimum Gasteiger partial charge on any atom is -0.489 e. The second kappa shape index (κ2) is 6.29. The molecule has 1 N–H and O–H groups in total. The highest BCUT2D eigenvalue weighted by Crippen LogP contribution is 2.44. The lowest BCUT2D eigenvalue weighted by Gasteiger charge is -2.33. The number of H-pyrrole nitrogens is 1. The molecule has 0 bridgehead atoms. The molecule has 1 aliphatic heterocycles. The van der Waals surface area contributed by atoms with Gasteiger partial charge < -0.3 is 9.64 Å². The molecule has 4 rings (SSSR count). The maximum atomic E-state index is 14.7. The number of ether oxygens (including phenoxy) is 1. The van der Waals surface area contributed by atoms with Crippen molar-refractivity contribution < 1.29 is 13.5 Å². The summed E-state index contributed by atoms with van der Waals surface area (Å²) in [7, 11) is 0. The van der Waals surface area contributed by atoms with Crippen molar-refractivity contribution in [3.8, 4) is 17.1 Å². The van der Waals surface area contributed by atoms with Crippen LogP contribution in [0.25, 0.3) is 11.4 Å². The highest BCUT2D eigenvalue weighted by atomic mass is 35.5. The number of benzene rings is 2. The summed E-state index contributed by atoms with van der Waals surface area (Å²) < 4.78 is 33.5. The Labute approximate surface area is 146 Å². The Kier molecular flexibility index (Phi) is 3.96. The van der Waals surface area contributed by atoms with Crippen LogP contribution >= 0.6 is 11.6 Å². The highest BCUT2D eigenvalue weighted by molar-refractivity contribution is 6.31. The summed E-state index contributed by atoms with van der Waals surface area (Å²) >= 11 is 5.99. The van der Waals surface area contributed by atoms with Crippen LogP contribution in [0.4, 0.5) is 14.5 Å². The van der Waals surface area contributed by atoms with Crippen LogP contribution in [0.1, 0.15) is 5.56 Å². The van der Waals surface area contributed by atoms with Crippen molar-refractivity contribution in [2.75, 3.05) is 18.1 Å². The second-order valence-electron chi connectivity index (χ2n) is 5.53. The Balaban J connectivity index is 1.82. The average Bonchev–Trinajstić information content (AvgIpc) is 3.13. The van der Waals surface area contributed by atoms with E-state index < -0.39 is 5.82 Å². The van der Waals surface area contributed by atoms with Crippen LogP contribution in [-0.2, 0) is 6.54 Å². The Morgan fingerprint density at radius 1 is 1.24 bits per heavy atom. The first kappa shape index (κ1) is 15.8. The van der Waals surface area contributed by atoms with Crippen LogP contribution in [0.15, 0.2) is 30.3 Å². The first-order chi connectivity index (χ1) is 12.1. The summed E-state index contributed by atoms with van der Waals surface area (Å²) in [4.78, 5) is 1.93. The van der Waals surface area contributed by atoms with Crippen LogP contribution in [0, 0.1) is 11.6 Å². The number of halogens is 3. The molecule has 2 aromatic carbocycles. The monoisotopic (exact) mass is 363 g/mol. The number of anilines is 1. The van der Waals surface area contributed by atoms with Crippen molar-refractivity contribution in [3.05, 3.63) is 52.6 Å². The van der Waals surface area contributed by atoms with Crippen LogP contribution < -0.4 is 9.64 Å². The summed E-state index contributed by atoms with van der Waals surface area (Å²) in [6.07, 6.45) is 0. The summed E-state index contributed by atoms with van der Waals surface area (Å²) in [5.74, 6) is -0.418. The van der Waals surface area contributed by atoms with E-state index in [-0.39, 0.29) is 22.2 Å². The number of nitrogens with one attached hydrogen (secondary N) is 1. The highest BCUT2D eigenvalue weighted by Gasteiger charge is 2.29. The van der Waals surface area contributed by atoms with E-state index in [1.54, 1.807) is 12.1 Å². The maximum Gasteiger partial charge on any atom is 0.209 e. The Hall–Kier alpha value is -2.74. The fraction of sp³-hybridized carbons (Fsp3) is 0.188. The topological polar surface area (TPSA) is 66.9 Å². The van der Waals surface area contributed by atoms with E-state index in [0.29, 0.717) is 31.1 Å². The summed E-state index contributed by atoms with van der Waals surface area (Å²) in [6, 6.07) is 7.58. The Morgan fingerprint density at radius 2 is 2.04 bits per heavy atom. The molecule has 0 saturated carbocycles. The molecule has 1 aromatic heterocycles. The third-order valence-electron chi connectivity index (χ3n) is 3.95. The van der Waals surface area contributed by atoms with Gasteiger partial charge in [0.2, 0.25) is 5.82 Å². The molecule has 6 nitrogen and oxygen atoms in total. The number of hydrogen-bond acceptors (Lipinski definition) is 5. The number of nitrogens with zero attached hydrogens (tertiary/aromatic N) is 4. The number of aromatic nitrogens is 4. The molecule has 3 aromatic rings. The first-order valence-electron chi connectivity index (χ1n) is 7.51. The fourth-order valence-corrected chi connectivity index (χ4v) is 3.03. The van der Waals surface area contributed by atoms with Crippen LogP contribution in [-0.4, -0.2) is 33.8 Å². The fourth-order valence-electron chi connectivity index (χ4n) is 2.84. The number of tetrazole rings is 1. The predicted molar refractivity (Wildman–Crippen MR) is 87.5 cm³/mol. The molecule has 0 aliphatic carbocycles. The number of fused-ring (bicyclic) bond motifs is 1. The van der Waals surface area contributed by atoms with E-state index in [1.807, 2.05) is 4.90 Å². The third-order valence-corrected chi connectivity index (χ3v) is 4.22. The molecule has 1 aliphatic rings. The molecule has 9 heteroatoms. The molecule has 2 heterocycles. The largest absolute Gasteiger partial charge is 0.489 e. The molecule has 0 spiro atoms. The average molecular weight is 364 g/mol.